The molecule has 1 N–H and O–H groups in total. The van der Waals surface area contributed by atoms with E-state index in [2.05, 4.69) is 5.32 Å². The van der Waals surface area contributed by atoms with E-state index in [0.29, 0.717) is 6.42 Å². The third kappa shape index (κ3) is 4.44. The minimum absolute atomic E-state index is 0.00138. The number of carbonyl (C=O) groups excluding carboxylic acids is 3. The quantitative estimate of drug-likeness (QED) is 0.829. The molecule has 1 amide bonds. The lowest BCUT2D eigenvalue weighted by Gasteiger charge is -2.17. The first-order valence-corrected chi connectivity index (χ1v) is 7.30. The van der Waals surface area contributed by atoms with E-state index in [4.69, 9.17) is 0 Å². The highest BCUT2D eigenvalue weighted by Gasteiger charge is 2.32. The fourth-order valence-corrected chi connectivity index (χ4v) is 3.35. The lowest BCUT2D eigenvalue weighted by atomic mass is 10.1. The van der Waals surface area contributed by atoms with Crippen LogP contribution in [0, 0.1) is 5.92 Å². The number of amides is 1. The van der Waals surface area contributed by atoms with Gasteiger partial charge in [0.2, 0.25) is 5.91 Å². The second-order valence-corrected chi connectivity index (χ2v) is 6.30. The number of nitrogens with one attached hydrogen (secondary N) is 1. The Morgan fingerprint density at radius 2 is 1.94 bits per heavy atom. The Hall–Kier alpha value is -0.840. The van der Waals surface area contributed by atoms with Crippen molar-refractivity contribution < 1.29 is 14.4 Å². The summed E-state index contributed by atoms with van der Waals surface area (Å²) in [7, 11) is 0. The van der Waals surface area contributed by atoms with Crippen LogP contribution in [0.4, 0.5) is 0 Å². The Morgan fingerprint density at radius 3 is 2.44 bits per heavy atom. The van der Waals surface area contributed by atoms with Gasteiger partial charge in [-0.2, -0.15) is 0 Å². The lowest BCUT2D eigenvalue weighted by Crippen LogP contribution is -2.42. The molecule has 0 saturated heterocycles. The summed E-state index contributed by atoms with van der Waals surface area (Å²) in [6.07, 6.45) is 3.08. The van der Waals surface area contributed by atoms with Crippen molar-refractivity contribution in [1.82, 2.24) is 5.32 Å². The van der Waals surface area contributed by atoms with Gasteiger partial charge in [-0.3, -0.25) is 14.4 Å². The summed E-state index contributed by atoms with van der Waals surface area (Å²) in [6, 6.07) is -0.364. The Balaban J connectivity index is 2.44. The summed E-state index contributed by atoms with van der Waals surface area (Å²) in [5.41, 5.74) is 0. The molecule has 0 aromatic rings. The molecule has 18 heavy (non-hydrogen) atoms. The molecule has 1 saturated carbocycles. The van der Waals surface area contributed by atoms with E-state index in [-0.39, 0.29) is 34.0 Å². The predicted octanol–water partition coefficient (Wildman–Crippen LogP) is 1.92. The summed E-state index contributed by atoms with van der Waals surface area (Å²) < 4.78 is 0. The summed E-state index contributed by atoms with van der Waals surface area (Å²) in [5.74, 6) is -0.0857. The molecule has 0 aliphatic heterocycles. The number of Topliss-reactive ketones (excluding diaryl/α,β-unsaturated/α-hetero) is 1. The van der Waals surface area contributed by atoms with Crippen LogP contribution in [0.15, 0.2) is 0 Å². The zero-order chi connectivity index (χ0) is 13.7. The molecule has 1 aliphatic carbocycles. The molecule has 0 aromatic heterocycles. The fraction of sp³-hybridized carbons (Fsp3) is 0.769. The van der Waals surface area contributed by atoms with E-state index in [9.17, 15) is 14.4 Å². The highest BCUT2D eigenvalue weighted by atomic mass is 32.2. The third-order valence-corrected chi connectivity index (χ3v) is 4.40. The summed E-state index contributed by atoms with van der Waals surface area (Å²) in [6.45, 7) is 4.94. The van der Waals surface area contributed by atoms with Crippen LogP contribution in [-0.2, 0) is 14.4 Å². The van der Waals surface area contributed by atoms with Crippen molar-refractivity contribution in [3.8, 4) is 0 Å². The second kappa shape index (κ2) is 6.92. The number of hydrogen-bond acceptors (Lipinski definition) is 4. The van der Waals surface area contributed by atoms with Crippen LogP contribution in [-0.4, -0.2) is 28.1 Å². The van der Waals surface area contributed by atoms with Crippen molar-refractivity contribution >= 4 is 28.6 Å². The minimum Gasteiger partial charge on any atom is -0.346 e. The van der Waals surface area contributed by atoms with Crippen LogP contribution in [0.2, 0.25) is 0 Å². The molecule has 4 nitrogen and oxygen atoms in total. The van der Waals surface area contributed by atoms with Gasteiger partial charge in [0.1, 0.15) is 0 Å². The first-order valence-electron chi connectivity index (χ1n) is 6.42. The van der Waals surface area contributed by atoms with Gasteiger partial charge >= 0.3 is 0 Å². The van der Waals surface area contributed by atoms with E-state index < -0.39 is 0 Å². The molecule has 1 fully saturated rings. The smallest absolute Gasteiger partial charge is 0.223 e. The number of rotatable bonds is 5. The normalized spacial score (nSPS) is 24.6. The standard InChI is InChI=1S/C13H21NO3S/c1-4-12(8(2)15)14-13(17)10-5-6-11(7-10)18-9(3)16/h10-12H,4-7H2,1-3H3,(H,14,17)/t10?,11?,12-/m0/s1. The summed E-state index contributed by atoms with van der Waals surface area (Å²) >= 11 is 1.33. The zero-order valence-corrected chi connectivity index (χ0v) is 12.0. The second-order valence-electron chi connectivity index (χ2n) is 4.82. The van der Waals surface area contributed by atoms with Gasteiger partial charge in [0.05, 0.1) is 6.04 Å². The van der Waals surface area contributed by atoms with Crippen molar-refractivity contribution in [2.24, 2.45) is 5.92 Å². The molecule has 3 atom stereocenters. The topological polar surface area (TPSA) is 63.2 Å². The first kappa shape index (κ1) is 15.2. The largest absolute Gasteiger partial charge is 0.346 e. The van der Waals surface area contributed by atoms with Crippen molar-refractivity contribution in [2.45, 2.75) is 57.7 Å². The minimum atomic E-state index is -0.364. The van der Waals surface area contributed by atoms with E-state index in [1.165, 1.54) is 18.7 Å². The molecule has 5 heteroatoms. The number of ketones is 1. The monoisotopic (exact) mass is 271 g/mol. The highest BCUT2D eigenvalue weighted by molar-refractivity contribution is 8.14. The van der Waals surface area contributed by atoms with Gasteiger partial charge in [0.25, 0.3) is 0 Å². The number of thioether (sulfide) groups is 1. The molecule has 0 radical (unpaired) electrons. The summed E-state index contributed by atoms with van der Waals surface area (Å²) in [5, 5.41) is 3.17. The fourth-order valence-electron chi connectivity index (χ4n) is 2.30. The molecule has 0 spiro atoms. The van der Waals surface area contributed by atoms with Crippen LogP contribution in [0.5, 0.6) is 0 Å². The Kier molecular flexibility index (Phi) is 5.85. The Morgan fingerprint density at radius 1 is 1.28 bits per heavy atom. The molecule has 1 aliphatic rings. The predicted molar refractivity (Wildman–Crippen MR) is 72.3 cm³/mol. The number of carbonyl (C=O) groups is 3. The maximum absolute atomic E-state index is 12.0. The van der Waals surface area contributed by atoms with Gasteiger partial charge in [-0.1, -0.05) is 18.7 Å². The van der Waals surface area contributed by atoms with Crippen LogP contribution in [0.25, 0.3) is 0 Å². The van der Waals surface area contributed by atoms with E-state index in [1.807, 2.05) is 6.92 Å². The Labute approximate surface area is 112 Å². The third-order valence-electron chi connectivity index (χ3n) is 3.30. The molecule has 2 unspecified atom stereocenters. The zero-order valence-electron chi connectivity index (χ0n) is 11.2. The SMILES string of the molecule is CC[C@H](NC(=O)C1CCC(SC(C)=O)C1)C(C)=O. The van der Waals surface area contributed by atoms with Crippen molar-refractivity contribution in [3.63, 3.8) is 0 Å². The van der Waals surface area contributed by atoms with Crippen LogP contribution in [0.3, 0.4) is 0 Å². The van der Waals surface area contributed by atoms with Gasteiger partial charge in [-0.25, -0.2) is 0 Å². The molecule has 1 rings (SSSR count). The van der Waals surface area contributed by atoms with Gasteiger partial charge in [-0.05, 0) is 32.6 Å². The van der Waals surface area contributed by atoms with Gasteiger partial charge in [0.15, 0.2) is 10.9 Å². The van der Waals surface area contributed by atoms with Gasteiger partial charge in [0, 0.05) is 18.1 Å². The van der Waals surface area contributed by atoms with E-state index >= 15 is 0 Å². The summed E-state index contributed by atoms with van der Waals surface area (Å²) in [4.78, 5) is 34.3. The molecule has 0 aromatic carbocycles. The molecule has 0 heterocycles. The van der Waals surface area contributed by atoms with Crippen LogP contribution < -0.4 is 5.32 Å². The molecule has 102 valence electrons. The van der Waals surface area contributed by atoms with Gasteiger partial charge < -0.3 is 5.32 Å². The van der Waals surface area contributed by atoms with Crippen molar-refractivity contribution in [2.75, 3.05) is 0 Å². The average Bonchev–Trinajstić information content (AvgIpc) is 2.72. The number of hydrogen-bond donors (Lipinski definition) is 1. The molecular weight excluding hydrogens is 250 g/mol. The lowest BCUT2D eigenvalue weighted by molar-refractivity contribution is -0.129. The first-order chi connectivity index (χ1) is 8.43. The van der Waals surface area contributed by atoms with Crippen LogP contribution >= 0.6 is 11.8 Å². The Bertz CT molecular complexity index is 343. The molecule has 0 bridgehead atoms. The highest BCUT2D eigenvalue weighted by Crippen LogP contribution is 2.34. The maximum Gasteiger partial charge on any atom is 0.223 e. The van der Waals surface area contributed by atoms with E-state index in [1.54, 1.807) is 6.92 Å². The van der Waals surface area contributed by atoms with Gasteiger partial charge in [-0.15, -0.1) is 0 Å². The van der Waals surface area contributed by atoms with Crippen LogP contribution in [0.1, 0.15) is 46.5 Å². The van der Waals surface area contributed by atoms with Crippen molar-refractivity contribution in [1.29, 1.82) is 0 Å². The van der Waals surface area contributed by atoms with E-state index in [0.717, 1.165) is 19.3 Å². The van der Waals surface area contributed by atoms with Crippen molar-refractivity contribution in [3.05, 3.63) is 0 Å². The average molecular weight is 271 g/mol. The molecular formula is C13H21NO3S. The maximum atomic E-state index is 12.0.